The number of nitrogens with zero attached hydrogens (tertiary/aromatic N) is 1. The lowest BCUT2D eigenvalue weighted by molar-refractivity contribution is -0.133. The van der Waals surface area contributed by atoms with Gasteiger partial charge in [-0.15, -0.1) is 0 Å². The van der Waals surface area contributed by atoms with Crippen LogP contribution in [-0.2, 0) is 4.79 Å². The maximum absolute atomic E-state index is 11.7. The largest absolute Gasteiger partial charge is 0.393 e. The molecule has 1 saturated heterocycles. The molecule has 1 rings (SSSR count). The van der Waals surface area contributed by atoms with Gasteiger partial charge in [0.05, 0.1) is 12.6 Å². The second-order valence-corrected chi connectivity index (χ2v) is 4.71. The summed E-state index contributed by atoms with van der Waals surface area (Å²) in [6.45, 7) is 7.80. The molecule has 0 bridgehead atoms. The maximum Gasteiger partial charge on any atom is 0.236 e. The van der Waals surface area contributed by atoms with E-state index in [0.29, 0.717) is 32.1 Å². The molecule has 2 N–H and O–H groups in total. The molecule has 15 heavy (non-hydrogen) atoms. The summed E-state index contributed by atoms with van der Waals surface area (Å²) >= 11 is 0. The van der Waals surface area contributed by atoms with Gasteiger partial charge in [-0.3, -0.25) is 4.79 Å². The van der Waals surface area contributed by atoms with Crippen LogP contribution in [0, 0.1) is 5.92 Å². The van der Waals surface area contributed by atoms with Gasteiger partial charge in [-0.2, -0.15) is 0 Å². The lowest BCUT2D eigenvalue weighted by Crippen LogP contribution is -2.48. The highest BCUT2D eigenvalue weighted by atomic mass is 16.3. The van der Waals surface area contributed by atoms with Crippen LogP contribution in [0.1, 0.15) is 27.2 Å². The minimum absolute atomic E-state index is 0.141. The summed E-state index contributed by atoms with van der Waals surface area (Å²) in [6, 6.07) is 0.335. The molecular formula is C11H22N2O2. The van der Waals surface area contributed by atoms with Crippen LogP contribution in [0.2, 0.25) is 0 Å². The Morgan fingerprint density at radius 3 is 2.80 bits per heavy atom. The molecule has 0 spiro atoms. The SMILES string of the molecule is CC(C)NCC(=O)N1CCC(O)C(C)C1. The Bertz CT molecular complexity index is 219. The van der Waals surface area contributed by atoms with E-state index in [4.69, 9.17) is 0 Å². The van der Waals surface area contributed by atoms with Crippen molar-refractivity contribution in [2.24, 2.45) is 5.92 Å². The van der Waals surface area contributed by atoms with Gasteiger partial charge in [0.15, 0.2) is 0 Å². The first-order chi connectivity index (χ1) is 7.00. The molecule has 0 aromatic rings. The van der Waals surface area contributed by atoms with E-state index in [1.165, 1.54) is 0 Å². The molecule has 2 unspecified atom stereocenters. The van der Waals surface area contributed by atoms with Gasteiger partial charge in [-0.25, -0.2) is 0 Å². The molecule has 4 heteroatoms. The summed E-state index contributed by atoms with van der Waals surface area (Å²) in [6.07, 6.45) is 0.460. The van der Waals surface area contributed by atoms with E-state index in [1.54, 1.807) is 0 Å². The van der Waals surface area contributed by atoms with E-state index in [1.807, 2.05) is 25.7 Å². The van der Waals surface area contributed by atoms with Crippen LogP contribution in [0.3, 0.4) is 0 Å². The molecule has 4 nitrogen and oxygen atoms in total. The third-order valence-electron chi connectivity index (χ3n) is 2.87. The Kier molecular flexibility index (Phi) is 4.54. The molecule has 1 aliphatic heterocycles. The van der Waals surface area contributed by atoms with Crippen molar-refractivity contribution in [2.75, 3.05) is 19.6 Å². The van der Waals surface area contributed by atoms with Gasteiger partial charge in [0.25, 0.3) is 0 Å². The zero-order chi connectivity index (χ0) is 11.4. The van der Waals surface area contributed by atoms with Crippen molar-refractivity contribution >= 4 is 5.91 Å². The Balaban J connectivity index is 2.34. The number of rotatable bonds is 3. The highest BCUT2D eigenvalue weighted by molar-refractivity contribution is 5.78. The molecule has 0 aliphatic carbocycles. The number of aliphatic hydroxyl groups is 1. The fraction of sp³-hybridized carbons (Fsp3) is 0.909. The van der Waals surface area contributed by atoms with Crippen molar-refractivity contribution in [1.82, 2.24) is 10.2 Å². The smallest absolute Gasteiger partial charge is 0.236 e. The first-order valence-corrected chi connectivity index (χ1v) is 5.70. The van der Waals surface area contributed by atoms with Gasteiger partial charge >= 0.3 is 0 Å². The van der Waals surface area contributed by atoms with Crippen LogP contribution in [0.5, 0.6) is 0 Å². The zero-order valence-corrected chi connectivity index (χ0v) is 9.86. The van der Waals surface area contributed by atoms with Gasteiger partial charge in [0.1, 0.15) is 0 Å². The number of carbonyl (C=O) groups is 1. The van der Waals surface area contributed by atoms with Crippen molar-refractivity contribution in [3.8, 4) is 0 Å². The van der Waals surface area contributed by atoms with Gasteiger partial charge in [0, 0.05) is 19.1 Å². The quantitative estimate of drug-likeness (QED) is 0.706. The van der Waals surface area contributed by atoms with Crippen molar-refractivity contribution in [3.05, 3.63) is 0 Å². The number of hydrogen-bond acceptors (Lipinski definition) is 3. The fourth-order valence-electron chi connectivity index (χ4n) is 1.76. The summed E-state index contributed by atoms with van der Waals surface area (Å²) in [5, 5.41) is 12.7. The van der Waals surface area contributed by atoms with Crippen LogP contribution < -0.4 is 5.32 Å². The molecule has 88 valence electrons. The predicted octanol–water partition coefficient (Wildman–Crippen LogP) is 0.214. The van der Waals surface area contributed by atoms with Crippen LogP contribution >= 0.6 is 0 Å². The van der Waals surface area contributed by atoms with Crippen molar-refractivity contribution in [1.29, 1.82) is 0 Å². The molecule has 1 aliphatic rings. The van der Waals surface area contributed by atoms with Crippen LogP contribution in [0.4, 0.5) is 0 Å². The van der Waals surface area contributed by atoms with Crippen LogP contribution in [0.25, 0.3) is 0 Å². The average molecular weight is 214 g/mol. The highest BCUT2D eigenvalue weighted by Gasteiger charge is 2.26. The van der Waals surface area contributed by atoms with Crippen molar-refractivity contribution in [3.63, 3.8) is 0 Å². The van der Waals surface area contributed by atoms with Crippen LogP contribution in [0.15, 0.2) is 0 Å². The minimum Gasteiger partial charge on any atom is -0.393 e. The highest BCUT2D eigenvalue weighted by Crippen LogP contribution is 2.16. The Morgan fingerprint density at radius 1 is 1.60 bits per heavy atom. The molecule has 0 aromatic carbocycles. The number of piperidine rings is 1. The molecule has 2 atom stereocenters. The summed E-state index contributed by atoms with van der Waals surface area (Å²) in [4.78, 5) is 13.6. The van der Waals surface area contributed by atoms with Gasteiger partial charge < -0.3 is 15.3 Å². The topological polar surface area (TPSA) is 52.6 Å². The van der Waals surface area contributed by atoms with E-state index < -0.39 is 0 Å². The first-order valence-electron chi connectivity index (χ1n) is 5.70. The normalized spacial score (nSPS) is 27.1. The van der Waals surface area contributed by atoms with E-state index in [2.05, 4.69) is 5.32 Å². The summed E-state index contributed by atoms with van der Waals surface area (Å²) in [7, 11) is 0. The van der Waals surface area contributed by atoms with Crippen molar-refractivity contribution in [2.45, 2.75) is 39.3 Å². The first kappa shape index (κ1) is 12.5. The monoisotopic (exact) mass is 214 g/mol. The van der Waals surface area contributed by atoms with E-state index >= 15 is 0 Å². The molecule has 0 radical (unpaired) electrons. The third kappa shape index (κ3) is 3.80. The average Bonchev–Trinajstić information content (AvgIpc) is 2.18. The molecule has 1 fully saturated rings. The summed E-state index contributed by atoms with van der Waals surface area (Å²) in [5.41, 5.74) is 0. The Labute approximate surface area is 91.6 Å². The fourth-order valence-corrected chi connectivity index (χ4v) is 1.76. The van der Waals surface area contributed by atoms with Crippen LogP contribution in [-0.4, -0.2) is 47.7 Å². The van der Waals surface area contributed by atoms with E-state index in [9.17, 15) is 9.90 Å². The lowest BCUT2D eigenvalue weighted by atomic mass is 9.97. The maximum atomic E-state index is 11.7. The predicted molar refractivity (Wildman–Crippen MR) is 59.5 cm³/mol. The molecule has 0 aromatic heterocycles. The number of nitrogens with one attached hydrogen (secondary N) is 1. The second-order valence-electron chi connectivity index (χ2n) is 4.71. The second kappa shape index (κ2) is 5.47. The lowest BCUT2D eigenvalue weighted by Gasteiger charge is -2.34. The van der Waals surface area contributed by atoms with Crippen molar-refractivity contribution < 1.29 is 9.90 Å². The van der Waals surface area contributed by atoms with E-state index in [0.717, 1.165) is 0 Å². The minimum atomic E-state index is -0.243. The molecule has 0 saturated carbocycles. The number of aliphatic hydroxyl groups excluding tert-OH is 1. The van der Waals surface area contributed by atoms with E-state index in [-0.39, 0.29) is 17.9 Å². The number of carbonyl (C=O) groups excluding carboxylic acids is 1. The van der Waals surface area contributed by atoms with Gasteiger partial charge in [-0.1, -0.05) is 20.8 Å². The molecular weight excluding hydrogens is 192 g/mol. The van der Waals surface area contributed by atoms with Gasteiger partial charge in [0.2, 0.25) is 5.91 Å². The van der Waals surface area contributed by atoms with Gasteiger partial charge in [-0.05, 0) is 12.3 Å². The number of hydrogen-bond donors (Lipinski definition) is 2. The zero-order valence-electron chi connectivity index (χ0n) is 9.86. The number of likely N-dealkylation sites (tertiary alicyclic amines) is 1. The third-order valence-corrected chi connectivity index (χ3v) is 2.87. The standard InChI is InChI=1S/C11H22N2O2/c1-8(2)12-6-11(15)13-5-4-10(14)9(3)7-13/h8-10,12,14H,4-7H2,1-3H3. The molecule has 1 amide bonds. The number of amides is 1. The Morgan fingerprint density at radius 2 is 2.27 bits per heavy atom. The summed E-state index contributed by atoms with van der Waals surface area (Å²) < 4.78 is 0. The molecule has 1 heterocycles. The summed E-state index contributed by atoms with van der Waals surface area (Å²) in [5.74, 6) is 0.337. The Hall–Kier alpha value is -0.610.